The Morgan fingerprint density at radius 3 is 2.37 bits per heavy atom. The number of nitriles is 1. The second kappa shape index (κ2) is 9.33. The topological polar surface area (TPSA) is 74.1 Å². The first kappa shape index (κ1) is 20.7. The fourth-order valence-corrected chi connectivity index (χ4v) is 4.00. The standard InChI is InChI=1S/C21H23N3O2S/c1-5-24(6-2)21(26)19(16-10-8-7-9-11-16)27-20-17(13-22)12-18(15(4)25)14(3)23-20/h7-12,19H,5-6H2,1-4H3/t19-/m1/s1. The lowest BCUT2D eigenvalue weighted by Gasteiger charge is -2.25. The molecular formula is C21H23N3O2S. The third-order valence-corrected chi connectivity index (χ3v) is 5.55. The van der Waals surface area contributed by atoms with Gasteiger partial charge in [0.15, 0.2) is 5.78 Å². The number of nitrogens with zero attached hydrogens (tertiary/aromatic N) is 3. The molecule has 0 aliphatic heterocycles. The smallest absolute Gasteiger partial charge is 0.240 e. The molecule has 0 spiro atoms. The summed E-state index contributed by atoms with van der Waals surface area (Å²) in [7, 11) is 0. The van der Waals surface area contributed by atoms with Gasteiger partial charge in [-0.05, 0) is 39.3 Å². The van der Waals surface area contributed by atoms with E-state index in [4.69, 9.17) is 0 Å². The summed E-state index contributed by atoms with van der Waals surface area (Å²) in [5.74, 6) is -0.151. The van der Waals surface area contributed by atoms with Gasteiger partial charge in [0.2, 0.25) is 5.91 Å². The number of hydrogen-bond acceptors (Lipinski definition) is 5. The Labute approximate surface area is 164 Å². The number of carbonyl (C=O) groups excluding carboxylic acids is 2. The highest BCUT2D eigenvalue weighted by Gasteiger charge is 2.27. The van der Waals surface area contributed by atoms with Gasteiger partial charge in [0, 0.05) is 24.3 Å². The first-order chi connectivity index (χ1) is 12.9. The van der Waals surface area contributed by atoms with Crippen LogP contribution in [0.25, 0.3) is 0 Å². The van der Waals surface area contributed by atoms with Crippen LogP contribution in [-0.4, -0.2) is 34.7 Å². The number of amides is 1. The summed E-state index contributed by atoms with van der Waals surface area (Å²) in [4.78, 5) is 31.1. The second-order valence-electron chi connectivity index (χ2n) is 6.06. The van der Waals surface area contributed by atoms with E-state index in [2.05, 4.69) is 11.1 Å². The van der Waals surface area contributed by atoms with Crippen LogP contribution < -0.4 is 0 Å². The fraction of sp³-hybridized carbons (Fsp3) is 0.333. The van der Waals surface area contributed by atoms with Crippen LogP contribution in [0.1, 0.15) is 53.2 Å². The molecule has 2 rings (SSSR count). The van der Waals surface area contributed by atoms with Gasteiger partial charge in [-0.3, -0.25) is 9.59 Å². The van der Waals surface area contributed by atoms with E-state index in [1.54, 1.807) is 17.9 Å². The van der Waals surface area contributed by atoms with Gasteiger partial charge < -0.3 is 4.90 Å². The molecule has 0 saturated heterocycles. The van der Waals surface area contributed by atoms with Crippen LogP contribution in [0.3, 0.4) is 0 Å². The number of pyridine rings is 1. The van der Waals surface area contributed by atoms with Crippen molar-refractivity contribution in [3.05, 3.63) is 58.8 Å². The van der Waals surface area contributed by atoms with E-state index in [1.165, 1.54) is 18.7 Å². The molecule has 1 aromatic heterocycles. The van der Waals surface area contributed by atoms with Crippen molar-refractivity contribution in [2.24, 2.45) is 0 Å². The number of carbonyl (C=O) groups is 2. The molecule has 0 unspecified atom stereocenters. The highest BCUT2D eigenvalue weighted by atomic mass is 32.2. The molecule has 0 N–H and O–H groups in total. The molecular weight excluding hydrogens is 358 g/mol. The van der Waals surface area contributed by atoms with Crippen LogP contribution in [0.2, 0.25) is 0 Å². The number of aryl methyl sites for hydroxylation is 1. The van der Waals surface area contributed by atoms with E-state index in [9.17, 15) is 14.9 Å². The molecule has 1 atom stereocenters. The summed E-state index contributed by atoms with van der Waals surface area (Å²) in [6, 6.07) is 13.2. The van der Waals surface area contributed by atoms with Crippen molar-refractivity contribution in [3.63, 3.8) is 0 Å². The lowest BCUT2D eigenvalue weighted by molar-refractivity contribution is -0.130. The zero-order chi connectivity index (χ0) is 20.0. The van der Waals surface area contributed by atoms with Crippen molar-refractivity contribution in [3.8, 4) is 6.07 Å². The van der Waals surface area contributed by atoms with E-state index in [-0.39, 0.29) is 11.7 Å². The van der Waals surface area contributed by atoms with Crippen LogP contribution in [-0.2, 0) is 4.79 Å². The van der Waals surface area contributed by atoms with Gasteiger partial charge in [0.1, 0.15) is 16.3 Å². The molecule has 1 amide bonds. The van der Waals surface area contributed by atoms with Crippen LogP contribution in [0.5, 0.6) is 0 Å². The summed E-state index contributed by atoms with van der Waals surface area (Å²) < 4.78 is 0. The van der Waals surface area contributed by atoms with Gasteiger partial charge in [0.05, 0.1) is 5.56 Å². The average Bonchev–Trinajstić information content (AvgIpc) is 2.67. The molecule has 2 aromatic rings. The van der Waals surface area contributed by atoms with E-state index in [1.807, 2.05) is 44.2 Å². The molecule has 0 bridgehead atoms. The first-order valence-corrected chi connectivity index (χ1v) is 9.73. The Morgan fingerprint density at radius 1 is 1.22 bits per heavy atom. The second-order valence-corrected chi connectivity index (χ2v) is 7.15. The number of benzene rings is 1. The Bertz CT molecular complexity index is 871. The molecule has 6 heteroatoms. The molecule has 0 aliphatic carbocycles. The van der Waals surface area contributed by atoms with Crippen LogP contribution in [0, 0.1) is 18.3 Å². The van der Waals surface area contributed by atoms with Gasteiger partial charge in [-0.25, -0.2) is 4.98 Å². The minimum absolute atomic E-state index is 0.0183. The lowest BCUT2D eigenvalue weighted by Crippen LogP contribution is -2.34. The van der Waals surface area contributed by atoms with E-state index < -0.39 is 5.25 Å². The van der Waals surface area contributed by atoms with Crippen LogP contribution in [0.4, 0.5) is 0 Å². The van der Waals surface area contributed by atoms with Crippen LogP contribution >= 0.6 is 11.8 Å². The fourth-order valence-electron chi connectivity index (χ4n) is 2.81. The number of rotatable bonds is 7. The molecule has 0 saturated carbocycles. The molecule has 0 radical (unpaired) electrons. The molecule has 1 heterocycles. The van der Waals surface area contributed by atoms with Crippen molar-refractivity contribution in [1.82, 2.24) is 9.88 Å². The number of hydrogen-bond donors (Lipinski definition) is 0. The minimum atomic E-state index is -0.506. The predicted octanol–water partition coefficient (Wildman–Crippen LogP) is 4.17. The van der Waals surface area contributed by atoms with E-state index >= 15 is 0 Å². The van der Waals surface area contributed by atoms with Crippen molar-refractivity contribution in [1.29, 1.82) is 5.26 Å². The number of thioether (sulfide) groups is 1. The Hall–Kier alpha value is -2.65. The lowest BCUT2D eigenvalue weighted by atomic mass is 10.1. The first-order valence-electron chi connectivity index (χ1n) is 8.85. The Balaban J connectivity index is 2.50. The highest BCUT2D eigenvalue weighted by molar-refractivity contribution is 8.00. The zero-order valence-electron chi connectivity index (χ0n) is 16.0. The molecule has 1 aromatic carbocycles. The van der Waals surface area contributed by atoms with Gasteiger partial charge in [-0.15, -0.1) is 0 Å². The van der Waals surface area contributed by atoms with Crippen LogP contribution in [0.15, 0.2) is 41.4 Å². The average molecular weight is 382 g/mol. The largest absolute Gasteiger partial charge is 0.342 e. The van der Waals surface area contributed by atoms with Crippen molar-refractivity contribution in [2.45, 2.75) is 38.0 Å². The number of likely N-dealkylation sites (N-methyl/N-ethyl adjacent to an activating group) is 1. The summed E-state index contributed by atoms with van der Waals surface area (Å²) >= 11 is 1.26. The maximum atomic E-state index is 13.1. The van der Waals surface area contributed by atoms with Gasteiger partial charge >= 0.3 is 0 Å². The number of aromatic nitrogens is 1. The summed E-state index contributed by atoms with van der Waals surface area (Å²) in [6.07, 6.45) is 0. The van der Waals surface area contributed by atoms with Gasteiger partial charge in [0.25, 0.3) is 0 Å². The molecule has 27 heavy (non-hydrogen) atoms. The van der Waals surface area contributed by atoms with E-state index in [0.717, 1.165) is 5.56 Å². The minimum Gasteiger partial charge on any atom is -0.342 e. The zero-order valence-corrected chi connectivity index (χ0v) is 16.8. The predicted molar refractivity (Wildman–Crippen MR) is 107 cm³/mol. The van der Waals surface area contributed by atoms with Crippen molar-refractivity contribution >= 4 is 23.5 Å². The maximum Gasteiger partial charge on any atom is 0.240 e. The van der Waals surface area contributed by atoms with Crippen molar-refractivity contribution < 1.29 is 9.59 Å². The third kappa shape index (κ3) is 4.75. The van der Waals surface area contributed by atoms with E-state index in [0.29, 0.717) is 34.9 Å². The molecule has 140 valence electrons. The maximum absolute atomic E-state index is 13.1. The van der Waals surface area contributed by atoms with Gasteiger partial charge in [-0.1, -0.05) is 42.1 Å². The summed E-state index contributed by atoms with van der Waals surface area (Å²) in [5.41, 5.74) is 2.16. The number of Topliss-reactive ketones (excluding diaryl/α,β-unsaturated/α-hetero) is 1. The third-order valence-electron chi connectivity index (χ3n) is 4.31. The Morgan fingerprint density at radius 2 is 1.85 bits per heavy atom. The Kier molecular flexibility index (Phi) is 7.14. The van der Waals surface area contributed by atoms with Gasteiger partial charge in [-0.2, -0.15) is 5.26 Å². The highest BCUT2D eigenvalue weighted by Crippen LogP contribution is 2.38. The van der Waals surface area contributed by atoms with Crippen molar-refractivity contribution in [2.75, 3.05) is 13.1 Å². The summed E-state index contributed by atoms with van der Waals surface area (Å²) in [6.45, 7) is 8.30. The monoisotopic (exact) mass is 381 g/mol. The quantitative estimate of drug-likeness (QED) is 0.532. The molecule has 0 fully saturated rings. The normalized spacial score (nSPS) is 11.5. The summed E-state index contributed by atoms with van der Waals surface area (Å²) in [5, 5.41) is 9.49. The number of ketones is 1. The molecule has 0 aliphatic rings. The SMILES string of the molecule is CCN(CC)C(=O)[C@H](Sc1nc(C)c(C(C)=O)cc1C#N)c1ccccc1. The molecule has 5 nitrogen and oxygen atoms in total.